The molecule has 0 aliphatic heterocycles. The van der Waals surface area contributed by atoms with E-state index >= 15 is 0 Å². The van der Waals surface area contributed by atoms with E-state index < -0.39 is 0 Å². The Labute approximate surface area is 169 Å². The minimum Gasteiger partial charge on any atom is -0.496 e. The van der Waals surface area contributed by atoms with Crippen LogP contribution in [0.25, 0.3) is 0 Å². The lowest BCUT2D eigenvalue weighted by atomic mass is 10.1. The maximum Gasteiger partial charge on any atom is 0.279 e. The molecule has 1 saturated carbocycles. The molecule has 1 unspecified atom stereocenters. The van der Waals surface area contributed by atoms with Crippen LogP contribution in [0.4, 0.5) is 5.69 Å². The number of para-hydroxylation sites is 1. The number of benzene rings is 2. The van der Waals surface area contributed by atoms with Gasteiger partial charge in [0.2, 0.25) is 0 Å². The zero-order chi connectivity index (χ0) is 20.1. The Balaban J connectivity index is 1.61. The number of nitrogens with one attached hydrogen (secondary N) is 3. The van der Waals surface area contributed by atoms with Crippen molar-refractivity contribution >= 4 is 29.1 Å². The van der Waals surface area contributed by atoms with Crippen molar-refractivity contribution in [2.75, 3.05) is 26.0 Å². The third kappa shape index (κ3) is 5.47. The van der Waals surface area contributed by atoms with Crippen molar-refractivity contribution < 1.29 is 19.2 Å². The topological polar surface area (TPSA) is 71.9 Å². The van der Waals surface area contributed by atoms with Gasteiger partial charge in [0, 0.05) is 16.6 Å². The number of methoxy groups -OCH3 is 1. The monoisotopic (exact) mass is 402 g/mol. The van der Waals surface area contributed by atoms with Crippen LogP contribution in [0, 0.1) is 0 Å². The fraction of sp³-hybridized carbons (Fsp3) is 0.333. The van der Waals surface area contributed by atoms with Gasteiger partial charge in [-0.1, -0.05) is 23.7 Å². The Kier molecular flexibility index (Phi) is 6.54. The van der Waals surface area contributed by atoms with Crippen molar-refractivity contribution in [1.82, 2.24) is 5.32 Å². The number of carbonyl (C=O) groups excluding carboxylic acids is 2. The highest BCUT2D eigenvalue weighted by atomic mass is 35.5. The van der Waals surface area contributed by atoms with Gasteiger partial charge in [-0.2, -0.15) is 0 Å². The molecule has 0 bridgehead atoms. The number of ether oxygens (including phenoxy) is 1. The Morgan fingerprint density at radius 2 is 1.96 bits per heavy atom. The Bertz CT molecular complexity index is 868. The molecule has 1 aliphatic rings. The SMILES string of the molecule is COc1ccc(Cl)cc1C[NH+](C)CC(=O)Nc1ccccc1C(=O)NC1CC1. The average Bonchev–Trinajstić information content (AvgIpc) is 3.46. The number of likely N-dealkylation sites (N-methyl/N-ethyl adjacent to an activating group) is 1. The maximum absolute atomic E-state index is 12.5. The van der Waals surface area contributed by atoms with E-state index in [1.54, 1.807) is 37.4 Å². The summed E-state index contributed by atoms with van der Waals surface area (Å²) in [5, 5.41) is 6.45. The van der Waals surface area contributed by atoms with Crippen LogP contribution < -0.4 is 20.3 Å². The van der Waals surface area contributed by atoms with E-state index in [1.165, 1.54) is 0 Å². The van der Waals surface area contributed by atoms with Crippen LogP contribution in [-0.2, 0) is 11.3 Å². The van der Waals surface area contributed by atoms with Gasteiger partial charge in [0.25, 0.3) is 11.8 Å². The molecule has 28 heavy (non-hydrogen) atoms. The highest BCUT2D eigenvalue weighted by Crippen LogP contribution is 2.22. The Morgan fingerprint density at radius 3 is 2.68 bits per heavy atom. The van der Waals surface area contributed by atoms with Gasteiger partial charge in [0.1, 0.15) is 12.3 Å². The first kappa shape index (κ1) is 20.2. The molecule has 148 valence electrons. The fourth-order valence-corrected chi connectivity index (χ4v) is 3.22. The molecule has 3 N–H and O–H groups in total. The van der Waals surface area contributed by atoms with Crippen molar-refractivity contribution in [2.45, 2.75) is 25.4 Å². The summed E-state index contributed by atoms with van der Waals surface area (Å²) >= 11 is 6.08. The zero-order valence-electron chi connectivity index (χ0n) is 16.0. The van der Waals surface area contributed by atoms with Crippen LogP contribution in [0.1, 0.15) is 28.8 Å². The lowest BCUT2D eigenvalue weighted by Gasteiger charge is -2.17. The van der Waals surface area contributed by atoms with Gasteiger partial charge in [-0.3, -0.25) is 9.59 Å². The number of quaternary nitrogens is 1. The van der Waals surface area contributed by atoms with Crippen LogP contribution in [0.5, 0.6) is 5.75 Å². The highest BCUT2D eigenvalue weighted by molar-refractivity contribution is 6.30. The normalized spacial score (nSPS) is 14.2. The smallest absolute Gasteiger partial charge is 0.279 e. The second-order valence-electron chi connectivity index (χ2n) is 7.11. The minimum atomic E-state index is -0.162. The Hall–Kier alpha value is -2.57. The van der Waals surface area contributed by atoms with Crippen molar-refractivity contribution in [3.05, 3.63) is 58.6 Å². The predicted octanol–water partition coefficient (Wildman–Crippen LogP) is 1.89. The van der Waals surface area contributed by atoms with Gasteiger partial charge < -0.3 is 20.3 Å². The molecule has 7 heteroatoms. The predicted molar refractivity (Wildman–Crippen MR) is 109 cm³/mol. The summed E-state index contributed by atoms with van der Waals surface area (Å²) in [4.78, 5) is 25.9. The first-order valence-electron chi connectivity index (χ1n) is 9.29. The largest absolute Gasteiger partial charge is 0.496 e. The number of rotatable bonds is 8. The summed E-state index contributed by atoms with van der Waals surface area (Å²) in [5.41, 5.74) is 1.94. The molecular formula is C21H25ClN3O3+. The van der Waals surface area contributed by atoms with Gasteiger partial charge in [-0.25, -0.2) is 0 Å². The van der Waals surface area contributed by atoms with Crippen LogP contribution >= 0.6 is 11.6 Å². The molecule has 2 aromatic carbocycles. The molecule has 0 radical (unpaired) electrons. The van der Waals surface area contributed by atoms with E-state index in [4.69, 9.17) is 16.3 Å². The summed E-state index contributed by atoms with van der Waals surface area (Å²) in [7, 11) is 3.53. The van der Waals surface area contributed by atoms with E-state index in [0.717, 1.165) is 29.1 Å². The first-order chi connectivity index (χ1) is 13.5. The average molecular weight is 403 g/mol. The van der Waals surface area contributed by atoms with Crippen molar-refractivity contribution in [1.29, 1.82) is 0 Å². The molecule has 0 spiro atoms. The molecule has 2 amide bonds. The number of carbonyl (C=O) groups is 2. The molecule has 6 nitrogen and oxygen atoms in total. The van der Waals surface area contributed by atoms with Gasteiger partial charge >= 0.3 is 0 Å². The van der Waals surface area contributed by atoms with Gasteiger partial charge in [-0.15, -0.1) is 0 Å². The second kappa shape index (κ2) is 9.08. The zero-order valence-corrected chi connectivity index (χ0v) is 16.8. The first-order valence-corrected chi connectivity index (χ1v) is 9.67. The van der Waals surface area contributed by atoms with Crippen LogP contribution in [-0.4, -0.2) is 38.6 Å². The van der Waals surface area contributed by atoms with Gasteiger partial charge in [-0.05, 0) is 43.2 Å². The number of anilines is 1. The van der Waals surface area contributed by atoms with E-state index in [2.05, 4.69) is 10.6 Å². The molecule has 1 fully saturated rings. The summed E-state index contributed by atoms with van der Waals surface area (Å²) < 4.78 is 5.36. The van der Waals surface area contributed by atoms with Crippen molar-refractivity contribution in [3.63, 3.8) is 0 Å². The molecule has 0 aromatic heterocycles. The summed E-state index contributed by atoms with van der Waals surface area (Å²) in [5.74, 6) is 0.430. The van der Waals surface area contributed by atoms with Gasteiger partial charge in [0.15, 0.2) is 6.54 Å². The number of hydrogen-bond donors (Lipinski definition) is 3. The molecule has 2 aromatic rings. The van der Waals surface area contributed by atoms with E-state index in [9.17, 15) is 9.59 Å². The van der Waals surface area contributed by atoms with Crippen molar-refractivity contribution in [3.8, 4) is 5.75 Å². The van der Waals surface area contributed by atoms with E-state index in [-0.39, 0.29) is 24.4 Å². The quantitative estimate of drug-likeness (QED) is 0.631. The summed E-state index contributed by atoms with van der Waals surface area (Å²) in [6, 6.07) is 12.8. The minimum absolute atomic E-state index is 0.150. The van der Waals surface area contributed by atoms with Crippen LogP contribution in [0.3, 0.4) is 0 Å². The third-order valence-electron chi connectivity index (χ3n) is 4.56. The number of halogens is 1. The molecule has 3 rings (SSSR count). The van der Waals surface area contributed by atoms with Gasteiger partial charge in [0.05, 0.1) is 25.4 Å². The third-order valence-corrected chi connectivity index (χ3v) is 4.79. The van der Waals surface area contributed by atoms with Crippen molar-refractivity contribution in [2.24, 2.45) is 0 Å². The van der Waals surface area contributed by atoms with Crippen LogP contribution in [0.2, 0.25) is 5.02 Å². The highest BCUT2D eigenvalue weighted by Gasteiger charge is 2.25. The second-order valence-corrected chi connectivity index (χ2v) is 7.54. The molecular weight excluding hydrogens is 378 g/mol. The van der Waals surface area contributed by atoms with Crippen LogP contribution in [0.15, 0.2) is 42.5 Å². The summed E-state index contributed by atoms with van der Waals surface area (Å²) in [6.45, 7) is 0.829. The lowest BCUT2D eigenvalue weighted by Crippen LogP contribution is -3.08. The Morgan fingerprint density at radius 1 is 1.21 bits per heavy atom. The molecule has 1 atom stereocenters. The van der Waals surface area contributed by atoms with E-state index in [0.29, 0.717) is 22.8 Å². The molecule has 1 aliphatic carbocycles. The number of amides is 2. The fourth-order valence-electron chi connectivity index (χ4n) is 3.02. The van der Waals surface area contributed by atoms with E-state index in [1.807, 2.05) is 19.2 Å². The molecule has 0 saturated heterocycles. The lowest BCUT2D eigenvalue weighted by molar-refractivity contribution is -0.885. The maximum atomic E-state index is 12.5. The standard InChI is InChI=1S/C21H24ClN3O3/c1-25(12-14-11-15(22)7-10-19(14)28-2)13-20(26)24-18-6-4-3-5-17(18)21(27)23-16-8-9-16/h3-7,10-11,16H,8-9,12-13H2,1-2H3,(H,23,27)(H,24,26)/p+1. The summed E-state index contributed by atoms with van der Waals surface area (Å²) in [6.07, 6.45) is 2.03. The number of hydrogen-bond acceptors (Lipinski definition) is 3. The molecule has 0 heterocycles.